The molecule has 1 fully saturated rings. The first-order chi connectivity index (χ1) is 11.1. The number of nitrogens with one attached hydrogen (secondary N) is 1. The highest BCUT2D eigenvalue weighted by molar-refractivity contribution is 8.00. The summed E-state index contributed by atoms with van der Waals surface area (Å²) in [7, 11) is 0. The normalized spacial score (nSPS) is 14.6. The third kappa shape index (κ3) is 5.88. The van der Waals surface area contributed by atoms with Gasteiger partial charge in [0.15, 0.2) is 0 Å². The number of thioether (sulfide) groups is 1. The van der Waals surface area contributed by atoms with Crippen LogP contribution in [-0.4, -0.2) is 54.5 Å². The van der Waals surface area contributed by atoms with Crippen LogP contribution in [0.3, 0.4) is 0 Å². The molecule has 6 heteroatoms. The summed E-state index contributed by atoms with van der Waals surface area (Å²) in [5, 5.41) is 2.91. The summed E-state index contributed by atoms with van der Waals surface area (Å²) in [5.74, 6) is 0.697. The second kappa shape index (κ2) is 8.93. The smallest absolute Gasteiger partial charge is 0.232 e. The molecule has 1 saturated heterocycles. The lowest BCUT2D eigenvalue weighted by Crippen LogP contribution is -2.41. The maximum atomic E-state index is 12.0. The Hall–Kier alpha value is -1.53. The van der Waals surface area contributed by atoms with Crippen molar-refractivity contribution in [1.82, 2.24) is 10.2 Å². The van der Waals surface area contributed by atoms with Crippen molar-refractivity contribution in [2.75, 3.05) is 37.8 Å². The molecule has 0 spiro atoms. The molecule has 1 aliphatic rings. The molecule has 1 heterocycles. The van der Waals surface area contributed by atoms with Crippen molar-refractivity contribution in [3.63, 3.8) is 0 Å². The van der Waals surface area contributed by atoms with E-state index in [1.165, 1.54) is 22.9 Å². The van der Waals surface area contributed by atoms with Gasteiger partial charge in [0.1, 0.15) is 0 Å². The van der Waals surface area contributed by atoms with Gasteiger partial charge in [0, 0.05) is 19.6 Å². The van der Waals surface area contributed by atoms with Crippen LogP contribution in [0.1, 0.15) is 16.7 Å². The van der Waals surface area contributed by atoms with Gasteiger partial charge < -0.3 is 15.0 Å². The molecule has 0 bridgehead atoms. The predicted molar refractivity (Wildman–Crippen MR) is 92.5 cm³/mol. The molecule has 1 aromatic rings. The van der Waals surface area contributed by atoms with Crippen LogP contribution >= 0.6 is 11.8 Å². The third-order valence-corrected chi connectivity index (χ3v) is 4.71. The number of benzene rings is 1. The number of amides is 2. The van der Waals surface area contributed by atoms with Crippen molar-refractivity contribution in [2.24, 2.45) is 0 Å². The second-order valence-corrected chi connectivity index (χ2v) is 6.68. The Morgan fingerprint density at radius 3 is 2.65 bits per heavy atom. The predicted octanol–water partition coefficient (Wildman–Crippen LogP) is 1.51. The maximum Gasteiger partial charge on any atom is 0.232 e. The minimum Gasteiger partial charge on any atom is -0.378 e. The van der Waals surface area contributed by atoms with Gasteiger partial charge in [0.05, 0.1) is 24.7 Å². The Kier molecular flexibility index (Phi) is 6.92. The van der Waals surface area contributed by atoms with Gasteiger partial charge in [0.2, 0.25) is 11.8 Å². The first-order valence-electron chi connectivity index (χ1n) is 7.82. The van der Waals surface area contributed by atoms with Crippen molar-refractivity contribution in [2.45, 2.75) is 20.4 Å². The van der Waals surface area contributed by atoms with E-state index >= 15 is 0 Å². The topological polar surface area (TPSA) is 58.6 Å². The van der Waals surface area contributed by atoms with Crippen LogP contribution in [0.15, 0.2) is 18.2 Å². The van der Waals surface area contributed by atoms with Gasteiger partial charge in [-0.25, -0.2) is 0 Å². The van der Waals surface area contributed by atoms with Crippen LogP contribution in [-0.2, 0) is 20.9 Å². The number of aryl methyl sites for hydroxylation is 2. The molecular weight excluding hydrogens is 312 g/mol. The number of morpholine rings is 1. The van der Waals surface area contributed by atoms with E-state index in [1.807, 2.05) is 19.1 Å². The number of carbonyl (C=O) groups is 2. The average molecular weight is 336 g/mol. The second-order valence-electron chi connectivity index (χ2n) is 5.69. The zero-order valence-electron chi connectivity index (χ0n) is 13.8. The minimum absolute atomic E-state index is 0.0373. The van der Waals surface area contributed by atoms with Crippen LogP contribution in [0.25, 0.3) is 0 Å². The van der Waals surface area contributed by atoms with Crippen molar-refractivity contribution in [1.29, 1.82) is 0 Å². The lowest BCUT2D eigenvalue weighted by Gasteiger charge is -2.26. The molecule has 1 aliphatic heterocycles. The molecular formula is C17H24N2O3S. The van der Waals surface area contributed by atoms with Crippen LogP contribution in [0.4, 0.5) is 0 Å². The van der Waals surface area contributed by atoms with Crippen LogP contribution < -0.4 is 5.32 Å². The zero-order chi connectivity index (χ0) is 16.7. The Balaban J connectivity index is 1.65. The number of rotatable bonds is 6. The lowest BCUT2D eigenvalue weighted by atomic mass is 10.1. The Morgan fingerprint density at radius 1 is 1.22 bits per heavy atom. The Bertz CT molecular complexity index is 557. The fourth-order valence-corrected chi connectivity index (χ4v) is 3.17. The molecule has 0 aromatic heterocycles. The van der Waals surface area contributed by atoms with Gasteiger partial charge in [-0.15, -0.1) is 11.8 Å². The lowest BCUT2D eigenvalue weighted by molar-refractivity contribution is -0.132. The first-order valence-corrected chi connectivity index (χ1v) is 8.98. The third-order valence-electron chi connectivity index (χ3n) is 3.80. The largest absolute Gasteiger partial charge is 0.378 e. The van der Waals surface area contributed by atoms with E-state index in [1.54, 1.807) is 4.90 Å². The first kappa shape index (κ1) is 17.8. The SMILES string of the molecule is Cc1ccc(CNC(=O)CSCC(=O)N2CCOCC2)c(C)c1. The van der Waals surface area contributed by atoms with Crippen LogP contribution in [0.5, 0.6) is 0 Å². The van der Waals surface area contributed by atoms with Crippen LogP contribution in [0.2, 0.25) is 0 Å². The van der Waals surface area contributed by atoms with E-state index < -0.39 is 0 Å². The summed E-state index contributed by atoms with van der Waals surface area (Å²) in [5.41, 5.74) is 3.52. The number of ether oxygens (including phenoxy) is 1. The van der Waals surface area contributed by atoms with Gasteiger partial charge in [-0.1, -0.05) is 23.8 Å². The summed E-state index contributed by atoms with van der Waals surface area (Å²) in [6.45, 7) is 7.14. The van der Waals surface area contributed by atoms with E-state index in [4.69, 9.17) is 4.74 Å². The molecule has 5 nitrogen and oxygen atoms in total. The summed E-state index contributed by atoms with van der Waals surface area (Å²) in [6.07, 6.45) is 0. The van der Waals surface area contributed by atoms with E-state index in [2.05, 4.69) is 18.3 Å². The van der Waals surface area contributed by atoms with E-state index in [-0.39, 0.29) is 11.8 Å². The fraction of sp³-hybridized carbons (Fsp3) is 0.529. The van der Waals surface area contributed by atoms with Crippen molar-refractivity contribution < 1.29 is 14.3 Å². The summed E-state index contributed by atoms with van der Waals surface area (Å²) < 4.78 is 5.22. The number of nitrogens with zero attached hydrogens (tertiary/aromatic N) is 1. The molecule has 126 valence electrons. The molecule has 0 radical (unpaired) electrons. The van der Waals surface area contributed by atoms with Crippen LogP contribution in [0, 0.1) is 13.8 Å². The average Bonchev–Trinajstić information content (AvgIpc) is 2.54. The van der Waals surface area contributed by atoms with Crippen molar-refractivity contribution in [3.8, 4) is 0 Å². The Morgan fingerprint density at radius 2 is 1.96 bits per heavy atom. The molecule has 23 heavy (non-hydrogen) atoms. The van der Waals surface area contributed by atoms with Gasteiger partial charge in [-0.3, -0.25) is 9.59 Å². The Labute approximate surface area is 141 Å². The van der Waals surface area contributed by atoms with Gasteiger partial charge in [0.25, 0.3) is 0 Å². The van der Waals surface area contributed by atoms with Crippen molar-refractivity contribution in [3.05, 3.63) is 34.9 Å². The summed E-state index contributed by atoms with van der Waals surface area (Å²) in [6, 6.07) is 6.20. The molecule has 2 amide bonds. The van der Waals surface area contributed by atoms with Crippen molar-refractivity contribution >= 4 is 23.6 Å². The zero-order valence-corrected chi connectivity index (χ0v) is 14.6. The minimum atomic E-state index is -0.0373. The molecule has 0 atom stereocenters. The van der Waals surface area contributed by atoms with E-state index in [9.17, 15) is 9.59 Å². The highest BCUT2D eigenvalue weighted by Crippen LogP contribution is 2.10. The summed E-state index contributed by atoms with van der Waals surface area (Å²) in [4.78, 5) is 25.6. The van der Waals surface area contributed by atoms with E-state index in [0.29, 0.717) is 44.4 Å². The van der Waals surface area contributed by atoms with E-state index in [0.717, 1.165) is 5.56 Å². The number of carbonyl (C=O) groups excluding carboxylic acids is 2. The standard InChI is InChI=1S/C17H24N2O3S/c1-13-3-4-15(14(2)9-13)10-18-16(20)11-23-12-17(21)19-5-7-22-8-6-19/h3-4,9H,5-8,10-12H2,1-2H3,(H,18,20). The molecule has 0 saturated carbocycles. The highest BCUT2D eigenvalue weighted by Gasteiger charge is 2.16. The highest BCUT2D eigenvalue weighted by atomic mass is 32.2. The molecule has 0 unspecified atom stereocenters. The monoisotopic (exact) mass is 336 g/mol. The summed E-state index contributed by atoms with van der Waals surface area (Å²) >= 11 is 1.36. The maximum absolute atomic E-state index is 12.0. The molecule has 2 rings (SSSR count). The van der Waals surface area contributed by atoms with Gasteiger partial charge in [-0.05, 0) is 25.0 Å². The van der Waals surface area contributed by atoms with Gasteiger partial charge in [-0.2, -0.15) is 0 Å². The molecule has 0 aliphatic carbocycles. The number of hydrogen-bond donors (Lipinski definition) is 1. The van der Waals surface area contributed by atoms with Gasteiger partial charge >= 0.3 is 0 Å². The number of hydrogen-bond acceptors (Lipinski definition) is 4. The quantitative estimate of drug-likeness (QED) is 0.855. The molecule has 1 N–H and O–H groups in total. The molecule has 1 aromatic carbocycles. The fourth-order valence-electron chi connectivity index (χ4n) is 2.42.